The van der Waals surface area contributed by atoms with Gasteiger partial charge in [0.15, 0.2) is 0 Å². The molecule has 0 saturated carbocycles. The van der Waals surface area contributed by atoms with Gasteiger partial charge in [0.2, 0.25) is 11.8 Å². The van der Waals surface area contributed by atoms with Crippen LogP contribution in [0.1, 0.15) is 19.8 Å². The summed E-state index contributed by atoms with van der Waals surface area (Å²) < 4.78 is 0. The second-order valence-corrected chi connectivity index (χ2v) is 4.02. The Morgan fingerprint density at radius 2 is 1.81 bits per heavy atom. The average Bonchev–Trinajstić information content (AvgIpc) is 2.27. The molecule has 5 nitrogen and oxygen atoms in total. The lowest BCUT2D eigenvalue weighted by Gasteiger charge is -2.33. The van der Waals surface area contributed by atoms with E-state index in [1.165, 1.54) is 6.92 Å². The van der Waals surface area contributed by atoms with E-state index in [0.29, 0.717) is 6.42 Å². The van der Waals surface area contributed by atoms with Gasteiger partial charge < -0.3 is 0 Å². The second-order valence-electron chi connectivity index (χ2n) is 4.02. The van der Waals surface area contributed by atoms with Crippen molar-refractivity contribution < 1.29 is 14.4 Å². The summed E-state index contributed by atoms with van der Waals surface area (Å²) in [6.45, 7) is 1.54. The first-order valence-corrected chi connectivity index (χ1v) is 5.08. The minimum atomic E-state index is -1.27. The predicted octanol–water partition coefficient (Wildman–Crippen LogP) is 0.635. The summed E-state index contributed by atoms with van der Waals surface area (Å²) in [6, 6.07) is -0.751. The highest BCUT2D eigenvalue weighted by Crippen LogP contribution is 2.34. The number of rotatable bonds is 1. The lowest BCUT2D eigenvalue weighted by atomic mass is 9.76. The number of nitrogens with one attached hydrogen (secondary N) is 2. The van der Waals surface area contributed by atoms with E-state index in [-0.39, 0.29) is 0 Å². The summed E-state index contributed by atoms with van der Waals surface area (Å²) >= 11 is 0. The Hall–Kier alpha value is -1.91. The third-order valence-electron chi connectivity index (χ3n) is 3.02. The number of carbonyl (C=O) groups is 3. The van der Waals surface area contributed by atoms with Gasteiger partial charge in [0.05, 0.1) is 0 Å². The first-order chi connectivity index (χ1) is 7.55. The van der Waals surface area contributed by atoms with Gasteiger partial charge in [-0.2, -0.15) is 0 Å². The summed E-state index contributed by atoms with van der Waals surface area (Å²) in [4.78, 5) is 34.5. The molecular weight excluding hydrogens is 208 g/mol. The molecule has 84 valence electrons. The van der Waals surface area contributed by atoms with E-state index in [9.17, 15) is 14.4 Å². The van der Waals surface area contributed by atoms with Gasteiger partial charge in [-0.25, -0.2) is 4.79 Å². The molecule has 5 heteroatoms. The monoisotopic (exact) mass is 220 g/mol. The molecule has 2 N–H and O–H groups in total. The zero-order valence-corrected chi connectivity index (χ0v) is 8.87. The van der Waals surface area contributed by atoms with Crippen LogP contribution in [-0.4, -0.2) is 17.8 Å². The van der Waals surface area contributed by atoms with E-state index >= 15 is 0 Å². The van der Waals surface area contributed by atoms with Crippen LogP contribution in [0.25, 0.3) is 0 Å². The van der Waals surface area contributed by atoms with E-state index in [1.807, 2.05) is 12.2 Å². The van der Waals surface area contributed by atoms with Crippen molar-refractivity contribution in [3.05, 3.63) is 23.8 Å². The maximum atomic E-state index is 11.8. The van der Waals surface area contributed by atoms with Gasteiger partial charge in [-0.1, -0.05) is 18.2 Å². The van der Waals surface area contributed by atoms with Crippen molar-refractivity contribution in [1.29, 1.82) is 0 Å². The topological polar surface area (TPSA) is 75.3 Å². The van der Waals surface area contributed by atoms with Crippen molar-refractivity contribution >= 4 is 17.8 Å². The Kier molecular flexibility index (Phi) is 2.38. The Morgan fingerprint density at radius 3 is 2.31 bits per heavy atom. The normalized spacial score (nSPS) is 23.6. The molecule has 0 aromatic rings. The Bertz CT molecular complexity index is 415. The van der Waals surface area contributed by atoms with Crippen LogP contribution >= 0.6 is 0 Å². The summed E-state index contributed by atoms with van der Waals surface area (Å²) in [5.74, 6) is -1.11. The molecule has 0 aromatic carbocycles. The molecule has 0 atom stereocenters. The molecule has 16 heavy (non-hydrogen) atoms. The van der Waals surface area contributed by atoms with Crippen molar-refractivity contribution in [2.24, 2.45) is 5.41 Å². The molecule has 2 aliphatic rings. The van der Waals surface area contributed by atoms with Crippen LogP contribution in [0.3, 0.4) is 0 Å². The molecule has 0 radical (unpaired) electrons. The molecule has 1 fully saturated rings. The van der Waals surface area contributed by atoms with Crippen molar-refractivity contribution in [3.8, 4) is 0 Å². The molecule has 0 aromatic heterocycles. The number of hydrogen-bond donors (Lipinski definition) is 2. The van der Waals surface area contributed by atoms with E-state index < -0.39 is 23.3 Å². The number of urea groups is 1. The maximum Gasteiger partial charge on any atom is 0.328 e. The highest BCUT2D eigenvalue weighted by molar-refractivity contribution is 6.20. The molecule has 1 aliphatic heterocycles. The summed E-state index contributed by atoms with van der Waals surface area (Å²) in [5.41, 5.74) is -0.531. The van der Waals surface area contributed by atoms with Crippen molar-refractivity contribution in [3.63, 3.8) is 0 Å². The van der Waals surface area contributed by atoms with Crippen molar-refractivity contribution in [2.75, 3.05) is 0 Å². The van der Waals surface area contributed by atoms with Gasteiger partial charge in [0.1, 0.15) is 5.41 Å². The third-order valence-corrected chi connectivity index (χ3v) is 3.02. The molecule has 0 spiro atoms. The molecule has 0 bridgehead atoms. The lowest BCUT2D eigenvalue weighted by molar-refractivity contribution is -0.140. The SMILES string of the molecule is CC1(C2=CC=CCC2)C(=O)NC(=O)NC1=O. The van der Waals surface area contributed by atoms with Crippen LogP contribution < -0.4 is 10.6 Å². The number of allylic oxidation sites excluding steroid dienone is 3. The van der Waals surface area contributed by atoms with Gasteiger partial charge in [-0.3, -0.25) is 20.2 Å². The van der Waals surface area contributed by atoms with Crippen LogP contribution in [0, 0.1) is 5.41 Å². The largest absolute Gasteiger partial charge is 0.328 e. The molecular formula is C11H12N2O3. The molecule has 1 aliphatic carbocycles. The molecule has 1 heterocycles. The molecule has 4 amide bonds. The highest BCUT2D eigenvalue weighted by Gasteiger charge is 2.48. The van der Waals surface area contributed by atoms with E-state index in [1.54, 1.807) is 6.08 Å². The second kappa shape index (κ2) is 3.59. The predicted molar refractivity (Wildman–Crippen MR) is 56.2 cm³/mol. The van der Waals surface area contributed by atoms with Gasteiger partial charge in [0, 0.05) is 0 Å². The maximum absolute atomic E-state index is 11.8. The van der Waals surface area contributed by atoms with Crippen LogP contribution in [-0.2, 0) is 9.59 Å². The van der Waals surface area contributed by atoms with Crippen LogP contribution in [0.2, 0.25) is 0 Å². The van der Waals surface area contributed by atoms with Gasteiger partial charge in [-0.15, -0.1) is 0 Å². The smallest absolute Gasteiger partial charge is 0.277 e. The summed E-state index contributed by atoms with van der Waals surface area (Å²) in [6.07, 6.45) is 7.01. The number of imide groups is 2. The summed E-state index contributed by atoms with van der Waals surface area (Å²) in [5, 5.41) is 4.25. The first kappa shape index (κ1) is 10.6. The number of barbiturate groups is 1. The fraction of sp³-hybridized carbons (Fsp3) is 0.364. The lowest BCUT2D eigenvalue weighted by Crippen LogP contribution is -2.61. The minimum absolute atomic E-state index is 0.553. The van der Waals surface area contributed by atoms with E-state index in [0.717, 1.165) is 12.0 Å². The zero-order chi connectivity index (χ0) is 11.8. The molecule has 0 unspecified atom stereocenters. The zero-order valence-electron chi connectivity index (χ0n) is 8.87. The standard InChI is InChI=1S/C11H12N2O3/c1-11(7-5-3-2-4-6-7)8(14)12-10(16)13-9(11)15/h2-3,5H,4,6H2,1H3,(H2,12,13,14,15,16). The molecule has 1 saturated heterocycles. The third kappa shape index (κ3) is 1.44. The Balaban J connectivity index is 2.39. The first-order valence-electron chi connectivity index (χ1n) is 5.08. The fourth-order valence-electron chi connectivity index (χ4n) is 1.90. The minimum Gasteiger partial charge on any atom is -0.277 e. The van der Waals surface area contributed by atoms with E-state index in [2.05, 4.69) is 10.6 Å². The fourth-order valence-corrected chi connectivity index (χ4v) is 1.90. The van der Waals surface area contributed by atoms with Crippen LogP contribution in [0.15, 0.2) is 23.8 Å². The number of hydrogen-bond acceptors (Lipinski definition) is 3. The van der Waals surface area contributed by atoms with Gasteiger partial charge in [0.25, 0.3) is 0 Å². The van der Waals surface area contributed by atoms with Gasteiger partial charge >= 0.3 is 6.03 Å². The van der Waals surface area contributed by atoms with Gasteiger partial charge in [-0.05, 0) is 25.3 Å². The van der Waals surface area contributed by atoms with Crippen LogP contribution in [0.5, 0.6) is 0 Å². The number of amides is 4. The van der Waals surface area contributed by atoms with Crippen molar-refractivity contribution in [2.45, 2.75) is 19.8 Å². The summed E-state index contributed by atoms with van der Waals surface area (Å²) in [7, 11) is 0. The van der Waals surface area contributed by atoms with Crippen LogP contribution in [0.4, 0.5) is 4.79 Å². The molecule has 2 rings (SSSR count). The quantitative estimate of drug-likeness (QED) is 0.636. The Labute approximate surface area is 92.6 Å². The van der Waals surface area contributed by atoms with Crippen molar-refractivity contribution in [1.82, 2.24) is 10.6 Å². The van der Waals surface area contributed by atoms with E-state index in [4.69, 9.17) is 0 Å². The Morgan fingerprint density at radius 1 is 1.19 bits per heavy atom. The average molecular weight is 220 g/mol. The number of carbonyl (C=O) groups excluding carboxylic acids is 3. The highest BCUT2D eigenvalue weighted by atomic mass is 16.2.